The minimum atomic E-state index is -0.496. The van der Waals surface area contributed by atoms with Crippen molar-refractivity contribution in [3.8, 4) is 5.75 Å². The molecule has 1 aromatic carbocycles. The van der Waals surface area contributed by atoms with Gasteiger partial charge in [-0.1, -0.05) is 12.1 Å². The molecule has 0 N–H and O–H groups in total. The SMILES string of the molecule is O=[N+]([O-])/C=C/c1cccc(OCc2ccncc2)c1. The number of benzene rings is 1. The van der Waals surface area contributed by atoms with E-state index in [1.54, 1.807) is 30.6 Å². The fourth-order valence-corrected chi connectivity index (χ4v) is 1.50. The van der Waals surface area contributed by atoms with E-state index in [4.69, 9.17) is 4.74 Å². The summed E-state index contributed by atoms with van der Waals surface area (Å²) in [5, 5.41) is 10.2. The third-order valence-electron chi connectivity index (χ3n) is 2.40. The smallest absolute Gasteiger partial charge is 0.235 e. The standard InChI is InChI=1S/C14H12N2O3/c17-16(18)9-6-12-2-1-3-14(10-12)19-11-13-4-7-15-8-5-13/h1-10H,11H2/b9-6+. The zero-order valence-electron chi connectivity index (χ0n) is 10.1. The van der Waals surface area contributed by atoms with Crippen molar-refractivity contribution in [2.45, 2.75) is 6.61 Å². The molecule has 0 atom stereocenters. The lowest BCUT2D eigenvalue weighted by Crippen LogP contribution is -1.95. The number of nitro groups is 1. The van der Waals surface area contributed by atoms with Crippen LogP contribution in [0.15, 0.2) is 55.0 Å². The molecule has 0 fully saturated rings. The van der Waals surface area contributed by atoms with E-state index < -0.39 is 4.92 Å². The second-order valence-corrected chi connectivity index (χ2v) is 3.82. The highest BCUT2D eigenvalue weighted by Gasteiger charge is 1.97. The summed E-state index contributed by atoms with van der Waals surface area (Å²) in [5.41, 5.74) is 1.74. The Kier molecular flexibility index (Phi) is 4.23. The maximum Gasteiger partial charge on any atom is 0.235 e. The van der Waals surface area contributed by atoms with E-state index in [0.717, 1.165) is 17.3 Å². The van der Waals surface area contributed by atoms with Crippen LogP contribution in [-0.4, -0.2) is 9.91 Å². The molecular weight excluding hydrogens is 244 g/mol. The first-order valence-corrected chi connectivity index (χ1v) is 5.67. The molecule has 2 aromatic rings. The molecule has 0 aliphatic rings. The molecule has 0 saturated heterocycles. The zero-order chi connectivity index (χ0) is 13.5. The number of ether oxygens (including phenoxy) is 1. The minimum Gasteiger partial charge on any atom is -0.489 e. The van der Waals surface area contributed by atoms with Crippen LogP contribution >= 0.6 is 0 Å². The number of hydrogen-bond acceptors (Lipinski definition) is 4. The lowest BCUT2D eigenvalue weighted by molar-refractivity contribution is -0.400. The molecule has 0 spiro atoms. The van der Waals surface area contributed by atoms with E-state index in [1.165, 1.54) is 6.08 Å². The molecule has 5 heteroatoms. The van der Waals surface area contributed by atoms with E-state index in [1.807, 2.05) is 18.2 Å². The van der Waals surface area contributed by atoms with Crippen LogP contribution in [-0.2, 0) is 6.61 Å². The molecule has 19 heavy (non-hydrogen) atoms. The van der Waals surface area contributed by atoms with Crippen molar-refractivity contribution < 1.29 is 9.66 Å². The van der Waals surface area contributed by atoms with Crippen molar-refractivity contribution in [2.24, 2.45) is 0 Å². The molecule has 0 aliphatic heterocycles. The Balaban J connectivity index is 2.01. The van der Waals surface area contributed by atoms with Crippen molar-refractivity contribution in [1.82, 2.24) is 4.98 Å². The highest BCUT2D eigenvalue weighted by atomic mass is 16.6. The number of aromatic nitrogens is 1. The van der Waals surface area contributed by atoms with Gasteiger partial charge < -0.3 is 4.74 Å². The van der Waals surface area contributed by atoms with Gasteiger partial charge in [0, 0.05) is 18.5 Å². The summed E-state index contributed by atoms with van der Waals surface area (Å²) in [6.45, 7) is 0.435. The largest absolute Gasteiger partial charge is 0.489 e. The summed E-state index contributed by atoms with van der Waals surface area (Å²) < 4.78 is 5.61. The molecule has 0 unspecified atom stereocenters. The van der Waals surface area contributed by atoms with Crippen LogP contribution in [0.25, 0.3) is 6.08 Å². The lowest BCUT2D eigenvalue weighted by Gasteiger charge is -2.06. The first-order valence-electron chi connectivity index (χ1n) is 5.67. The fourth-order valence-electron chi connectivity index (χ4n) is 1.50. The summed E-state index contributed by atoms with van der Waals surface area (Å²) in [7, 11) is 0. The van der Waals surface area contributed by atoms with Crippen LogP contribution in [0.3, 0.4) is 0 Å². The maximum absolute atomic E-state index is 10.2. The number of nitrogens with zero attached hydrogens (tertiary/aromatic N) is 2. The molecule has 0 saturated carbocycles. The topological polar surface area (TPSA) is 65.3 Å². The first kappa shape index (κ1) is 12.8. The molecule has 0 amide bonds. The van der Waals surface area contributed by atoms with Gasteiger partial charge >= 0.3 is 0 Å². The zero-order valence-corrected chi connectivity index (χ0v) is 10.1. The van der Waals surface area contributed by atoms with Crippen LogP contribution in [0.4, 0.5) is 0 Å². The Morgan fingerprint density at radius 3 is 2.79 bits per heavy atom. The van der Waals surface area contributed by atoms with Gasteiger partial charge in [-0.3, -0.25) is 15.1 Å². The van der Waals surface area contributed by atoms with Crippen molar-refractivity contribution in [3.63, 3.8) is 0 Å². The van der Waals surface area contributed by atoms with Crippen molar-refractivity contribution in [1.29, 1.82) is 0 Å². The van der Waals surface area contributed by atoms with Gasteiger partial charge in [0.25, 0.3) is 0 Å². The highest BCUT2D eigenvalue weighted by Crippen LogP contribution is 2.16. The Bertz CT molecular complexity index is 582. The summed E-state index contributed by atoms with van der Waals surface area (Å²) >= 11 is 0. The predicted octanol–water partition coefficient (Wildman–Crippen LogP) is 2.91. The molecule has 1 heterocycles. The van der Waals surface area contributed by atoms with Crippen molar-refractivity contribution in [2.75, 3.05) is 0 Å². The molecule has 0 radical (unpaired) electrons. The Hall–Kier alpha value is -2.69. The second kappa shape index (κ2) is 6.30. The lowest BCUT2D eigenvalue weighted by atomic mass is 10.2. The molecule has 0 bridgehead atoms. The first-order chi connectivity index (χ1) is 9.24. The normalized spacial score (nSPS) is 10.5. The van der Waals surface area contributed by atoms with Crippen LogP contribution in [0.2, 0.25) is 0 Å². The Morgan fingerprint density at radius 1 is 1.26 bits per heavy atom. The van der Waals surface area contributed by atoms with Crippen LogP contribution in [0, 0.1) is 10.1 Å². The number of rotatable bonds is 5. The Labute approximate surface area is 110 Å². The van der Waals surface area contributed by atoms with Crippen molar-refractivity contribution >= 4 is 6.08 Å². The van der Waals surface area contributed by atoms with Crippen LogP contribution in [0.5, 0.6) is 5.75 Å². The monoisotopic (exact) mass is 256 g/mol. The van der Waals surface area contributed by atoms with E-state index in [0.29, 0.717) is 12.4 Å². The summed E-state index contributed by atoms with van der Waals surface area (Å²) in [4.78, 5) is 13.7. The van der Waals surface area contributed by atoms with Gasteiger partial charge in [0.2, 0.25) is 6.20 Å². The average molecular weight is 256 g/mol. The van der Waals surface area contributed by atoms with Gasteiger partial charge in [0.1, 0.15) is 12.4 Å². The average Bonchev–Trinajstić information content (AvgIpc) is 2.44. The van der Waals surface area contributed by atoms with E-state index >= 15 is 0 Å². The molecule has 0 aliphatic carbocycles. The quantitative estimate of drug-likeness (QED) is 0.609. The number of hydrogen-bond donors (Lipinski definition) is 0. The van der Waals surface area contributed by atoms with E-state index in [9.17, 15) is 10.1 Å². The highest BCUT2D eigenvalue weighted by molar-refractivity contribution is 5.50. The second-order valence-electron chi connectivity index (χ2n) is 3.82. The van der Waals surface area contributed by atoms with Crippen LogP contribution in [0.1, 0.15) is 11.1 Å². The third-order valence-corrected chi connectivity index (χ3v) is 2.40. The number of pyridine rings is 1. The van der Waals surface area contributed by atoms with Gasteiger partial charge in [-0.15, -0.1) is 0 Å². The molecule has 96 valence electrons. The van der Waals surface area contributed by atoms with E-state index in [-0.39, 0.29) is 0 Å². The molecule has 5 nitrogen and oxygen atoms in total. The van der Waals surface area contributed by atoms with Gasteiger partial charge in [-0.05, 0) is 35.4 Å². The van der Waals surface area contributed by atoms with Gasteiger partial charge in [0.05, 0.1) is 4.92 Å². The molecule has 1 aromatic heterocycles. The van der Waals surface area contributed by atoms with E-state index in [2.05, 4.69) is 4.98 Å². The maximum atomic E-state index is 10.2. The third kappa shape index (κ3) is 4.23. The van der Waals surface area contributed by atoms with Gasteiger partial charge in [-0.2, -0.15) is 0 Å². The predicted molar refractivity (Wildman–Crippen MR) is 71.0 cm³/mol. The summed E-state index contributed by atoms with van der Waals surface area (Å²) in [6, 6.07) is 10.9. The molecular formula is C14H12N2O3. The van der Waals surface area contributed by atoms with Gasteiger partial charge in [0.15, 0.2) is 0 Å². The fraction of sp³-hybridized carbons (Fsp3) is 0.0714. The summed E-state index contributed by atoms with van der Waals surface area (Å²) in [5.74, 6) is 0.669. The molecule has 2 rings (SSSR count). The van der Waals surface area contributed by atoms with Crippen LogP contribution < -0.4 is 4.74 Å². The summed E-state index contributed by atoms with van der Waals surface area (Å²) in [6.07, 6.45) is 5.74. The van der Waals surface area contributed by atoms with Gasteiger partial charge in [-0.25, -0.2) is 0 Å². The Morgan fingerprint density at radius 2 is 2.05 bits per heavy atom. The minimum absolute atomic E-state index is 0.435. The van der Waals surface area contributed by atoms with Crippen molar-refractivity contribution in [3.05, 3.63) is 76.2 Å².